The summed E-state index contributed by atoms with van der Waals surface area (Å²) in [4.78, 5) is 13.2. The number of hydrogen-bond donors (Lipinski definition) is 0. The summed E-state index contributed by atoms with van der Waals surface area (Å²) in [7, 11) is 2.18. The molecule has 2 aromatic heterocycles. The molecule has 1 aromatic carbocycles. The predicted octanol–water partition coefficient (Wildman–Crippen LogP) is 3.98. The number of nitrogens with zero attached hydrogens (tertiary/aromatic N) is 4. The molecule has 0 spiro atoms. The van der Waals surface area contributed by atoms with Gasteiger partial charge in [0, 0.05) is 57.5 Å². The number of pyridine rings is 2. The maximum atomic E-state index is 6.10. The lowest BCUT2D eigenvalue weighted by Crippen LogP contribution is -2.28. The van der Waals surface area contributed by atoms with Gasteiger partial charge in [0.25, 0.3) is 0 Å². The molecule has 5 nitrogen and oxygen atoms in total. The molecule has 4 rings (SSSR count). The molecule has 0 atom stereocenters. The Kier molecular flexibility index (Phi) is 7.64. The van der Waals surface area contributed by atoms with E-state index in [0.717, 1.165) is 64.3 Å². The zero-order valence-corrected chi connectivity index (χ0v) is 18.4. The van der Waals surface area contributed by atoms with Crippen LogP contribution in [0.15, 0.2) is 67.3 Å². The van der Waals surface area contributed by atoms with E-state index in [1.54, 1.807) is 0 Å². The molecule has 1 aliphatic heterocycles. The molecule has 3 heterocycles. The van der Waals surface area contributed by atoms with Crippen LogP contribution in [-0.4, -0.2) is 53.1 Å². The maximum Gasteiger partial charge on any atom is 0.119 e. The van der Waals surface area contributed by atoms with Gasteiger partial charge in [-0.05, 0) is 78.9 Å². The normalized spacial score (nSPS) is 13.9. The van der Waals surface area contributed by atoms with E-state index in [1.807, 2.05) is 30.9 Å². The molecule has 0 saturated carbocycles. The molecule has 0 bridgehead atoms. The third-order valence-electron chi connectivity index (χ3n) is 5.86. The summed E-state index contributed by atoms with van der Waals surface area (Å²) in [6.07, 6.45) is 10.6. The highest BCUT2D eigenvalue weighted by Crippen LogP contribution is 2.23. The molecule has 3 aromatic rings. The van der Waals surface area contributed by atoms with Gasteiger partial charge in [-0.3, -0.25) is 14.9 Å². The smallest absolute Gasteiger partial charge is 0.119 e. The second-order valence-electron chi connectivity index (χ2n) is 8.36. The number of benzene rings is 1. The van der Waals surface area contributed by atoms with Crippen molar-refractivity contribution in [2.75, 3.05) is 33.3 Å². The lowest BCUT2D eigenvalue weighted by atomic mass is 10.00. The summed E-state index contributed by atoms with van der Waals surface area (Å²) < 4.78 is 6.10. The highest BCUT2D eigenvalue weighted by atomic mass is 16.5. The molecular formula is C26H32N4O. The van der Waals surface area contributed by atoms with Crippen molar-refractivity contribution in [2.45, 2.75) is 32.4 Å². The third-order valence-corrected chi connectivity index (χ3v) is 5.86. The molecule has 0 aliphatic carbocycles. The Morgan fingerprint density at radius 1 is 0.968 bits per heavy atom. The Labute approximate surface area is 185 Å². The highest BCUT2D eigenvalue weighted by Gasteiger charge is 2.13. The van der Waals surface area contributed by atoms with Crippen molar-refractivity contribution < 1.29 is 4.74 Å². The topological polar surface area (TPSA) is 41.5 Å². The van der Waals surface area contributed by atoms with Crippen LogP contribution in [0.25, 0.3) is 0 Å². The number of hydrogen-bond acceptors (Lipinski definition) is 5. The zero-order chi connectivity index (χ0) is 21.3. The molecule has 1 aliphatic rings. The molecule has 31 heavy (non-hydrogen) atoms. The maximum absolute atomic E-state index is 6.10. The molecule has 0 saturated heterocycles. The van der Waals surface area contributed by atoms with Gasteiger partial charge in [0.05, 0.1) is 6.61 Å². The molecule has 0 radical (unpaired) electrons. The molecule has 162 valence electrons. The Balaban J connectivity index is 1.28. The fraction of sp³-hybridized carbons (Fsp3) is 0.385. The van der Waals surface area contributed by atoms with Gasteiger partial charge in [-0.2, -0.15) is 0 Å². The first kappa shape index (κ1) is 21.5. The van der Waals surface area contributed by atoms with Gasteiger partial charge in [0.15, 0.2) is 0 Å². The summed E-state index contributed by atoms with van der Waals surface area (Å²) in [6.45, 7) is 5.82. The minimum Gasteiger partial charge on any atom is -0.494 e. The Morgan fingerprint density at radius 3 is 2.71 bits per heavy atom. The quantitative estimate of drug-likeness (QED) is 0.468. The SMILES string of the molecule is CN1CCc2cc(OCCCN(CCc3cccnc3)Cc3ccncc3)ccc2C1. The van der Waals surface area contributed by atoms with Crippen LogP contribution < -0.4 is 4.74 Å². The van der Waals surface area contributed by atoms with E-state index in [-0.39, 0.29) is 0 Å². The van der Waals surface area contributed by atoms with Crippen LogP contribution >= 0.6 is 0 Å². The zero-order valence-electron chi connectivity index (χ0n) is 18.4. The first-order valence-electron chi connectivity index (χ1n) is 11.2. The van der Waals surface area contributed by atoms with Crippen LogP contribution in [-0.2, 0) is 25.9 Å². The largest absolute Gasteiger partial charge is 0.494 e. The van der Waals surface area contributed by atoms with Crippen LogP contribution in [0.3, 0.4) is 0 Å². The number of likely N-dealkylation sites (N-methyl/N-ethyl adjacent to an activating group) is 1. The summed E-state index contributed by atoms with van der Waals surface area (Å²) in [5, 5.41) is 0. The van der Waals surface area contributed by atoms with Gasteiger partial charge >= 0.3 is 0 Å². The predicted molar refractivity (Wildman–Crippen MR) is 124 cm³/mol. The van der Waals surface area contributed by atoms with Crippen LogP contribution in [0.2, 0.25) is 0 Å². The Hall–Kier alpha value is -2.76. The number of ether oxygens (including phenoxy) is 1. The van der Waals surface area contributed by atoms with Crippen molar-refractivity contribution in [2.24, 2.45) is 0 Å². The average molecular weight is 417 g/mol. The van der Waals surface area contributed by atoms with Crippen molar-refractivity contribution in [1.82, 2.24) is 19.8 Å². The third kappa shape index (κ3) is 6.61. The van der Waals surface area contributed by atoms with Gasteiger partial charge in [-0.25, -0.2) is 0 Å². The van der Waals surface area contributed by atoms with Crippen LogP contribution in [0.1, 0.15) is 28.7 Å². The van der Waals surface area contributed by atoms with E-state index >= 15 is 0 Å². The average Bonchev–Trinajstić information content (AvgIpc) is 2.81. The lowest BCUT2D eigenvalue weighted by Gasteiger charge is -2.25. The minimum absolute atomic E-state index is 0.735. The highest BCUT2D eigenvalue weighted by molar-refractivity contribution is 5.37. The monoisotopic (exact) mass is 416 g/mol. The van der Waals surface area contributed by atoms with Crippen molar-refractivity contribution in [3.63, 3.8) is 0 Å². The van der Waals surface area contributed by atoms with Gasteiger partial charge in [-0.15, -0.1) is 0 Å². The van der Waals surface area contributed by atoms with E-state index in [1.165, 1.54) is 22.3 Å². The van der Waals surface area contributed by atoms with Crippen molar-refractivity contribution >= 4 is 0 Å². The minimum atomic E-state index is 0.735. The summed E-state index contributed by atoms with van der Waals surface area (Å²) in [5.41, 5.74) is 5.44. The summed E-state index contributed by atoms with van der Waals surface area (Å²) in [5.74, 6) is 0.999. The molecule has 0 N–H and O–H groups in total. The molecule has 5 heteroatoms. The second-order valence-corrected chi connectivity index (χ2v) is 8.36. The lowest BCUT2D eigenvalue weighted by molar-refractivity contribution is 0.229. The number of fused-ring (bicyclic) bond motifs is 1. The van der Waals surface area contributed by atoms with Gasteiger partial charge in [0.1, 0.15) is 5.75 Å². The second kappa shape index (κ2) is 11.0. The number of aromatic nitrogens is 2. The summed E-state index contributed by atoms with van der Waals surface area (Å²) in [6, 6.07) is 14.9. The van der Waals surface area contributed by atoms with Crippen LogP contribution in [0.5, 0.6) is 5.75 Å². The Bertz CT molecular complexity index is 933. The van der Waals surface area contributed by atoms with Crippen molar-refractivity contribution in [3.8, 4) is 5.75 Å². The Morgan fingerprint density at radius 2 is 1.87 bits per heavy atom. The van der Waals surface area contributed by atoms with Gasteiger partial charge in [-0.1, -0.05) is 12.1 Å². The van der Waals surface area contributed by atoms with E-state index in [4.69, 9.17) is 4.74 Å². The molecular weight excluding hydrogens is 384 g/mol. The van der Waals surface area contributed by atoms with E-state index < -0.39 is 0 Å². The summed E-state index contributed by atoms with van der Waals surface area (Å²) >= 11 is 0. The van der Waals surface area contributed by atoms with Crippen molar-refractivity contribution in [1.29, 1.82) is 0 Å². The molecule has 0 fully saturated rings. The first-order valence-corrected chi connectivity index (χ1v) is 11.2. The standard InChI is InChI=1S/C26H32N4O/c1-29-15-10-24-18-26(6-5-25(24)21-29)31-17-3-14-30(20-23-7-12-27-13-8-23)16-9-22-4-2-11-28-19-22/h2,4-8,11-13,18-19H,3,9-10,14-17,20-21H2,1H3. The van der Waals surface area contributed by atoms with E-state index in [2.05, 4.69) is 63.2 Å². The fourth-order valence-electron chi connectivity index (χ4n) is 4.09. The number of rotatable bonds is 10. The van der Waals surface area contributed by atoms with Gasteiger partial charge in [0.2, 0.25) is 0 Å². The van der Waals surface area contributed by atoms with E-state index in [9.17, 15) is 0 Å². The first-order chi connectivity index (χ1) is 15.3. The van der Waals surface area contributed by atoms with Crippen LogP contribution in [0.4, 0.5) is 0 Å². The molecule has 0 amide bonds. The van der Waals surface area contributed by atoms with Crippen LogP contribution in [0, 0.1) is 0 Å². The van der Waals surface area contributed by atoms with E-state index in [0.29, 0.717) is 0 Å². The van der Waals surface area contributed by atoms with Gasteiger partial charge < -0.3 is 9.64 Å². The fourth-order valence-corrected chi connectivity index (χ4v) is 4.09. The molecule has 0 unspecified atom stereocenters. The van der Waals surface area contributed by atoms with Crippen molar-refractivity contribution in [3.05, 3.63) is 89.5 Å².